The average molecular weight is 418 g/mol. The van der Waals surface area contributed by atoms with E-state index in [4.69, 9.17) is 10.1 Å². The lowest BCUT2D eigenvalue weighted by atomic mass is 10.0. The standard InChI is InChI=1S/C22H23N7S/c1-14-15(2)22(27-29-13-24-26-21(14)29)28-9-8-18-16(12-28)10-17(11-23-18)25-19-6-4-5-7-20(19)30-3/h4-7,10-11,13,25H,8-9,12H2,1-3H3. The zero-order valence-electron chi connectivity index (χ0n) is 17.3. The van der Waals surface area contributed by atoms with Crippen molar-refractivity contribution < 1.29 is 0 Å². The van der Waals surface area contributed by atoms with Gasteiger partial charge in [-0.1, -0.05) is 12.1 Å². The molecule has 3 aromatic heterocycles. The fourth-order valence-electron chi connectivity index (χ4n) is 3.94. The third-order valence-corrected chi connectivity index (χ3v) is 6.49. The second kappa shape index (κ2) is 7.60. The highest BCUT2D eigenvalue weighted by atomic mass is 32.2. The maximum atomic E-state index is 4.78. The van der Waals surface area contributed by atoms with Crippen LogP contribution in [0.15, 0.2) is 47.8 Å². The van der Waals surface area contributed by atoms with Crippen molar-refractivity contribution in [1.29, 1.82) is 0 Å². The maximum absolute atomic E-state index is 4.78. The van der Waals surface area contributed by atoms with E-state index in [1.54, 1.807) is 22.6 Å². The fraction of sp³-hybridized carbons (Fsp3) is 0.273. The lowest BCUT2D eigenvalue weighted by molar-refractivity contribution is 0.688. The number of para-hydroxylation sites is 1. The SMILES string of the molecule is CSc1ccccc1Nc1cnc2c(c1)CN(c1nn3cnnc3c(C)c1C)CC2. The molecule has 0 atom stereocenters. The summed E-state index contributed by atoms with van der Waals surface area (Å²) >= 11 is 1.73. The van der Waals surface area contributed by atoms with Gasteiger partial charge in [-0.05, 0) is 43.9 Å². The van der Waals surface area contributed by atoms with Crippen molar-refractivity contribution in [2.24, 2.45) is 0 Å². The summed E-state index contributed by atoms with van der Waals surface area (Å²) in [5, 5.41) is 16.5. The van der Waals surface area contributed by atoms with E-state index in [0.717, 1.165) is 59.2 Å². The first kappa shape index (κ1) is 18.9. The average Bonchev–Trinajstić information content (AvgIpc) is 3.25. The van der Waals surface area contributed by atoms with E-state index >= 15 is 0 Å². The van der Waals surface area contributed by atoms with Crippen molar-refractivity contribution in [1.82, 2.24) is 24.8 Å². The molecule has 0 bridgehead atoms. The molecule has 4 aromatic rings. The largest absolute Gasteiger partial charge is 0.353 e. The number of benzene rings is 1. The Labute approximate surface area is 179 Å². The summed E-state index contributed by atoms with van der Waals surface area (Å²) in [6.45, 7) is 5.86. The fourth-order valence-corrected chi connectivity index (χ4v) is 4.50. The topological polar surface area (TPSA) is 71.2 Å². The number of nitrogens with one attached hydrogen (secondary N) is 1. The van der Waals surface area contributed by atoms with Crippen molar-refractivity contribution in [2.75, 3.05) is 23.0 Å². The molecular formula is C22H23N7S. The van der Waals surface area contributed by atoms with Crippen molar-refractivity contribution in [3.05, 3.63) is 65.2 Å². The number of aromatic nitrogens is 5. The van der Waals surface area contributed by atoms with E-state index in [1.165, 1.54) is 10.5 Å². The summed E-state index contributed by atoms with van der Waals surface area (Å²) in [7, 11) is 0. The van der Waals surface area contributed by atoms with Crippen LogP contribution >= 0.6 is 11.8 Å². The lowest BCUT2D eigenvalue weighted by Gasteiger charge is -2.30. The normalized spacial score (nSPS) is 13.5. The van der Waals surface area contributed by atoms with Gasteiger partial charge < -0.3 is 10.2 Å². The molecule has 0 fully saturated rings. The first-order valence-corrected chi connectivity index (χ1v) is 11.2. The predicted octanol–water partition coefficient (Wildman–Crippen LogP) is 4.16. The van der Waals surface area contributed by atoms with E-state index in [9.17, 15) is 0 Å². The van der Waals surface area contributed by atoms with Gasteiger partial charge >= 0.3 is 0 Å². The number of nitrogens with zero attached hydrogens (tertiary/aromatic N) is 6. The van der Waals surface area contributed by atoms with Gasteiger partial charge in [0.1, 0.15) is 6.33 Å². The Kier molecular flexibility index (Phi) is 4.78. The summed E-state index contributed by atoms with van der Waals surface area (Å²) < 4.78 is 1.77. The second-order valence-electron chi connectivity index (χ2n) is 7.50. The Morgan fingerprint density at radius 1 is 1.13 bits per heavy atom. The maximum Gasteiger partial charge on any atom is 0.180 e. The second-order valence-corrected chi connectivity index (χ2v) is 8.35. The summed E-state index contributed by atoms with van der Waals surface area (Å²) in [5.41, 5.74) is 7.58. The molecule has 0 aliphatic carbocycles. The van der Waals surface area contributed by atoms with Gasteiger partial charge in [0.2, 0.25) is 0 Å². The Morgan fingerprint density at radius 2 is 2.00 bits per heavy atom. The number of hydrogen-bond acceptors (Lipinski definition) is 7. The molecule has 7 nitrogen and oxygen atoms in total. The van der Waals surface area contributed by atoms with E-state index < -0.39 is 0 Å². The van der Waals surface area contributed by atoms with E-state index in [0.29, 0.717) is 0 Å². The van der Waals surface area contributed by atoms with Gasteiger partial charge in [0.15, 0.2) is 11.5 Å². The number of thioether (sulfide) groups is 1. The summed E-state index contributed by atoms with van der Waals surface area (Å²) in [6, 6.07) is 10.5. The quantitative estimate of drug-likeness (QED) is 0.500. The van der Waals surface area contributed by atoms with Crippen molar-refractivity contribution >= 4 is 34.6 Å². The van der Waals surface area contributed by atoms with Crippen LogP contribution in [0.3, 0.4) is 0 Å². The van der Waals surface area contributed by atoms with Crippen molar-refractivity contribution in [3.8, 4) is 0 Å². The third kappa shape index (κ3) is 3.27. The molecule has 1 N–H and O–H groups in total. The molecule has 0 saturated heterocycles. The van der Waals surface area contributed by atoms with Crippen LogP contribution in [0.4, 0.5) is 17.2 Å². The zero-order valence-corrected chi connectivity index (χ0v) is 18.1. The van der Waals surface area contributed by atoms with Crippen molar-refractivity contribution in [2.45, 2.75) is 31.7 Å². The molecule has 0 saturated carbocycles. The third-order valence-electron chi connectivity index (χ3n) is 5.69. The Hall–Kier alpha value is -3.13. The van der Waals surface area contributed by atoms with Crippen LogP contribution in [-0.2, 0) is 13.0 Å². The van der Waals surface area contributed by atoms with E-state index in [1.807, 2.05) is 12.3 Å². The van der Waals surface area contributed by atoms with Gasteiger partial charge in [-0.3, -0.25) is 4.98 Å². The Balaban J connectivity index is 1.45. The van der Waals surface area contributed by atoms with Gasteiger partial charge in [0, 0.05) is 41.2 Å². The Bertz CT molecular complexity index is 1230. The number of anilines is 3. The molecule has 0 spiro atoms. The van der Waals surface area contributed by atoms with Crippen LogP contribution in [0.5, 0.6) is 0 Å². The molecule has 1 aliphatic rings. The minimum atomic E-state index is 0.781. The Morgan fingerprint density at radius 3 is 2.87 bits per heavy atom. The first-order valence-electron chi connectivity index (χ1n) is 9.94. The van der Waals surface area contributed by atoms with Crippen LogP contribution < -0.4 is 10.2 Å². The molecule has 1 aromatic carbocycles. The summed E-state index contributed by atoms with van der Waals surface area (Å²) in [6.07, 6.45) is 6.59. The minimum Gasteiger partial charge on any atom is -0.353 e. The zero-order chi connectivity index (χ0) is 20.7. The number of hydrogen-bond donors (Lipinski definition) is 1. The molecule has 0 radical (unpaired) electrons. The smallest absolute Gasteiger partial charge is 0.180 e. The van der Waals surface area contributed by atoms with Crippen molar-refractivity contribution in [3.63, 3.8) is 0 Å². The highest BCUT2D eigenvalue weighted by molar-refractivity contribution is 7.98. The van der Waals surface area contributed by atoms with Crippen LogP contribution in [0.25, 0.3) is 5.65 Å². The van der Waals surface area contributed by atoms with Crippen LogP contribution in [0, 0.1) is 13.8 Å². The van der Waals surface area contributed by atoms with Gasteiger partial charge in [-0.25, -0.2) is 0 Å². The van der Waals surface area contributed by atoms with Crippen LogP contribution in [0.1, 0.15) is 22.4 Å². The van der Waals surface area contributed by atoms with E-state index in [2.05, 4.69) is 64.8 Å². The molecule has 30 heavy (non-hydrogen) atoms. The van der Waals surface area contributed by atoms with Gasteiger partial charge in [-0.2, -0.15) is 4.52 Å². The highest BCUT2D eigenvalue weighted by Gasteiger charge is 2.22. The highest BCUT2D eigenvalue weighted by Crippen LogP contribution is 2.31. The van der Waals surface area contributed by atoms with Gasteiger partial charge in [0.25, 0.3) is 0 Å². The molecule has 8 heteroatoms. The molecular weight excluding hydrogens is 394 g/mol. The van der Waals surface area contributed by atoms with Gasteiger partial charge in [-0.15, -0.1) is 27.1 Å². The predicted molar refractivity (Wildman–Crippen MR) is 121 cm³/mol. The molecule has 4 heterocycles. The van der Waals surface area contributed by atoms with Crippen LogP contribution in [0.2, 0.25) is 0 Å². The lowest BCUT2D eigenvalue weighted by Crippen LogP contribution is -2.32. The van der Waals surface area contributed by atoms with Gasteiger partial charge in [0.05, 0.1) is 17.6 Å². The molecule has 5 rings (SSSR count). The summed E-state index contributed by atoms with van der Waals surface area (Å²) in [5.74, 6) is 0.983. The number of rotatable bonds is 4. The number of pyridine rings is 1. The monoisotopic (exact) mass is 417 g/mol. The van der Waals surface area contributed by atoms with Crippen LogP contribution in [-0.4, -0.2) is 37.6 Å². The molecule has 0 unspecified atom stereocenters. The summed E-state index contributed by atoms with van der Waals surface area (Å²) in [4.78, 5) is 8.28. The molecule has 0 amide bonds. The molecule has 1 aliphatic heterocycles. The minimum absolute atomic E-state index is 0.781. The molecule has 152 valence electrons. The number of fused-ring (bicyclic) bond motifs is 2. The van der Waals surface area contributed by atoms with E-state index in [-0.39, 0.29) is 0 Å². The number of aryl methyl sites for hydroxylation is 1. The first-order chi connectivity index (χ1) is 14.6.